The summed E-state index contributed by atoms with van der Waals surface area (Å²) in [5.41, 5.74) is 1.03. The van der Waals surface area contributed by atoms with Crippen molar-refractivity contribution in [2.24, 2.45) is 0 Å². The number of hydrogen-bond acceptors (Lipinski definition) is 5. The Morgan fingerprint density at radius 2 is 2.07 bits per heavy atom. The fourth-order valence-electron chi connectivity index (χ4n) is 3.16. The number of amides is 2. The molecular formula is C17H19ClFN5O4S. The molecule has 1 aromatic carbocycles. The van der Waals surface area contributed by atoms with E-state index in [1.807, 2.05) is 0 Å². The van der Waals surface area contributed by atoms with E-state index in [0.29, 0.717) is 37.3 Å². The lowest BCUT2D eigenvalue weighted by molar-refractivity contribution is 0.194. The predicted octanol–water partition coefficient (Wildman–Crippen LogP) is 1.99. The van der Waals surface area contributed by atoms with Gasteiger partial charge in [-0.1, -0.05) is 11.6 Å². The van der Waals surface area contributed by atoms with Crippen LogP contribution in [0.15, 0.2) is 24.3 Å². The van der Waals surface area contributed by atoms with Gasteiger partial charge >= 0.3 is 6.03 Å². The third-order valence-corrected chi connectivity index (χ3v) is 7.61. The van der Waals surface area contributed by atoms with Gasteiger partial charge in [0.05, 0.1) is 30.4 Å². The van der Waals surface area contributed by atoms with Crippen LogP contribution in [0.25, 0.3) is 0 Å². The van der Waals surface area contributed by atoms with Gasteiger partial charge in [-0.05, 0) is 31.0 Å². The van der Waals surface area contributed by atoms with Crippen molar-refractivity contribution in [3.63, 3.8) is 0 Å². The second kappa shape index (κ2) is 7.15. The third kappa shape index (κ3) is 3.77. The lowest BCUT2D eigenvalue weighted by atomic mass is 10.3. The molecule has 0 spiro atoms. The molecule has 0 radical (unpaired) electrons. The molecule has 2 aromatic rings. The van der Waals surface area contributed by atoms with Crippen LogP contribution in [0.2, 0.25) is 5.02 Å². The normalized spacial score (nSPS) is 17.6. The van der Waals surface area contributed by atoms with Crippen LogP contribution in [-0.4, -0.2) is 52.1 Å². The van der Waals surface area contributed by atoms with E-state index in [4.69, 9.17) is 11.6 Å². The van der Waals surface area contributed by atoms with E-state index in [2.05, 4.69) is 15.1 Å². The molecule has 0 bridgehead atoms. The molecule has 156 valence electrons. The topological polar surface area (TPSA) is 117 Å². The predicted molar refractivity (Wildman–Crippen MR) is 105 cm³/mol. The Morgan fingerprint density at radius 1 is 1.31 bits per heavy atom. The summed E-state index contributed by atoms with van der Waals surface area (Å²) in [6.45, 7) is 0.542. The lowest BCUT2D eigenvalue weighted by Crippen LogP contribution is -2.40. The van der Waals surface area contributed by atoms with Gasteiger partial charge in [-0.2, -0.15) is 5.10 Å². The van der Waals surface area contributed by atoms with Crippen molar-refractivity contribution in [2.45, 2.75) is 30.7 Å². The minimum absolute atomic E-state index is 0.0900. The summed E-state index contributed by atoms with van der Waals surface area (Å²) in [6, 6.07) is 5.08. The Morgan fingerprint density at radius 3 is 2.72 bits per heavy atom. The maximum Gasteiger partial charge on any atom is 0.322 e. The number of sulfonamides is 1. The number of urea groups is 1. The number of fused-ring (bicyclic) bond motifs is 1. The van der Waals surface area contributed by atoms with Gasteiger partial charge in [0.2, 0.25) is 10.0 Å². The molecule has 29 heavy (non-hydrogen) atoms. The van der Waals surface area contributed by atoms with Crippen molar-refractivity contribution in [1.29, 1.82) is 0 Å². The zero-order valence-corrected chi connectivity index (χ0v) is 16.8. The van der Waals surface area contributed by atoms with Gasteiger partial charge in [-0.3, -0.25) is 9.40 Å². The van der Waals surface area contributed by atoms with Crippen LogP contribution in [0.5, 0.6) is 0 Å². The Balaban J connectivity index is 1.43. The molecule has 2 amide bonds. The minimum Gasteiger partial charge on any atom is -0.395 e. The largest absolute Gasteiger partial charge is 0.395 e. The van der Waals surface area contributed by atoms with Crippen LogP contribution in [0.1, 0.15) is 18.5 Å². The average molecular weight is 444 g/mol. The quantitative estimate of drug-likeness (QED) is 0.653. The zero-order valence-electron chi connectivity index (χ0n) is 15.2. The Hall–Kier alpha value is -2.37. The third-order valence-electron chi connectivity index (χ3n) is 5.16. The maximum absolute atomic E-state index is 13.2. The van der Waals surface area contributed by atoms with Gasteiger partial charge < -0.3 is 15.3 Å². The van der Waals surface area contributed by atoms with Gasteiger partial charge in [0.1, 0.15) is 10.6 Å². The Labute approximate surface area is 171 Å². The fraction of sp³-hybridized carbons (Fsp3) is 0.412. The number of halogens is 2. The molecule has 3 N–H and O–H groups in total. The van der Waals surface area contributed by atoms with Crippen molar-refractivity contribution >= 4 is 39.2 Å². The van der Waals surface area contributed by atoms with Gasteiger partial charge in [0.15, 0.2) is 5.82 Å². The second-order valence-corrected chi connectivity index (χ2v) is 9.66. The highest BCUT2D eigenvalue weighted by Crippen LogP contribution is 2.43. The molecule has 0 atom stereocenters. The number of aromatic nitrogens is 2. The lowest BCUT2D eigenvalue weighted by Gasteiger charge is -2.27. The molecule has 2 heterocycles. The number of nitrogens with zero attached hydrogens (tertiary/aromatic N) is 3. The number of carbonyl (C=O) groups excluding carboxylic acids is 1. The molecule has 4 rings (SSSR count). The molecule has 1 aromatic heterocycles. The van der Waals surface area contributed by atoms with Crippen molar-refractivity contribution in [3.05, 3.63) is 40.8 Å². The van der Waals surface area contributed by atoms with Crippen molar-refractivity contribution < 1.29 is 22.7 Å². The van der Waals surface area contributed by atoms with Crippen LogP contribution in [-0.2, 0) is 23.1 Å². The molecule has 1 aliphatic carbocycles. The van der Waals surface area contributed by atoms with Gasteiger partial charge in [0, 0.05) is 18.3 Å². The maximum atomic E-state index is 13.2. The first kappa shape index (κ1) is 19.9. The van der Waals surface area contributed by atoms with Crippen LogP contribution in [0, 0.1) is 5.82 Å². The van der Waals surface area contributed by atoms with E-state index >= 15 is 0 Å². The van der Waals surface area contributed by atoms with Crippen LogP contribution in [0.4, 0.5) is 20.7 Å². The summed E-state index contributed by atoms with van der Waals surface area (Å²) in [4.78, 5) is 14.0. The smallest absolute Gasteiger partial charge is 0.322 e. The standard InChI is InChI=1S/C17H19ClFN5O4S/c18-13-7-11(1-2-14(13)19)20-16(26)23-5-6-24-12(9-23)8-15(21-24)22-29(27,28)17(10-25)3-4-17/h1-2,7-8,25H,3-6,9-10H2,(H,20,26)(H,21,22). The van der Waals surface area contributed by atoms with E-state index in [0.717, 1.165) is 0 Å². The number of nitrogens with one attached hydrogen (secondary N) is 2. The number of hydrogen-bond donors (Lipinski definition) is 3. The van der Waals surface area contributed by atoms with Gasteiger partial charge in [-0.25, -0.2) is 17.6 Å². The van der Waals surface area contributed by atoms with E-state index in [9.17, 15) is 22.7 Å². The number of benzene rings is 1. The highest BCUT2D eigenvalue weighted by molar-refractivity contribution is 7.94. The molecule has 0 unspecified atom stereocenters. The molecule has 0 saturated heterocycles. The molecule has 1 fully saturated rings. The minimum atomic E-state index is -3.74. The van der Waals surface area contributed by atoms with E-state index in [-0.39, 0.29) is 23.4 Å². The SMILES string of the molecule is O=C(Nc1ccc(F)c(Cl)c1)N1CCn2nc(NS(=O)(=O)C3(CO)CC3)cc2C1. The fourth-order valence-corrected chi connectivity index (χ4v) is 4.74. The number of anilines is 2. The molecule has 2 aliphatic rings. The zero-order chi connectivity index (χ0) is 20.8. The monoisotopic (exact) mass is 443 g/mol. The van der Waals surface area contributed by atoms with Gasteiger partial charge in [0.25, 0.3) is 0 Å². The first-order chi connectivity index (χ1) is 13.7. The highest BCUT2D eigenvalue weighted by atomic mass is 35.5. The number of carbonyl (C=O) groups is 1. The van der Waals surface area contributed by atoms with E-state index < -0.39 is 27.2 Å². The average Bonchev–Trinajstić information content (AvgIpc) is 3.39. The summed E-state index contributed by atoms with van der Waals surface area (Å²) >= 11 is 5.73. The molecule has 1 saturated carbocycles. The number of aliphatic hydroxyl groups excluding tert-OH is 1. The Bertz CT molecular complexity index is 1070. The second-order valence-electron chi connectivity index (χ2n) is 7.17. The molecule has 9 nitrogen and oxygen atoms in total. The summed E-state index contributed by atoms with van der Waals surface area (Å²) in [5, 5.41) is 16.2. The first-order valence-corrected chi connectivity index (χ1v) is 10.8. The molecule has 1 aliphatic heterocycles. The van der Waals surface area contributed by atoms with Crippen molar-refractivity contribution in [3.8, 4) is 0 Å². The van der Waals surface area contributed by atoms with Gasteiger partial charge in [-0.15, -0.1) is 0 Å². The summed E-state index contributed by atoms with van der Waals surface area (Å²) < 4.78 is 41.0. The highest BCUT2D eigenvalue weighted by Gasteiger charge is 2.54. The van der Waals surface area contributed by atoms with E-state index in [1.54, 1.807) is 10.7 Å². The number of aliphatic hydroxyl groups is 1. The summed E-state index contributed by atoms with van der Waals surface area (Å²) in [5.74, 6) is -0.414. The summed E-state index contributed by atoms with van der Waals surface area (Å²) in [6.07, 6.45) is 0.821. The van der Waals surface area contributed by atoms with Crippen LogP contribution < -0.4 is 10.0 Å². The number of rotatable bonds is 5. The van der Waals surface area contributed by atoms with Crippen molar-refractivity contribution in [1.82, 2.24) is 14.7 Å². The Kier molecular flexibility index (Phi) is 4.91. The van der Waals surface area contributed by atoms with Crippen LogP contribution >= 0.6 is 11.6 Å². The van der Waals surface area contributed by atoms with Crippen LogP contribution in [0.3, 0.4) is 0 Å². The summed E-state index contributed by atoms with van der Waals surface area (Å²) in [7, 11) is -3.74. The molecule has 12 heteroatoms. The van der Waals surface area contributed by atoms with E-state index in [1.165, 1.54) is 23.1 Å². The van der Waals surface area contributed by atoms with Crippen molar-refractivity contribution in [2.75, 3.05) is 23.2 Å². The molecular weight excluding hydrogens is 425 g/mol. The first-order valence-electron chi connectivity index (χ1n) is 8.94.